The second-order valence-electron chi connectivity index (χ2n) is 2.12. The Hall–Kier alpha value is -0.510. The quantitative estimate of drug-likeness (QED) is 0.274. The van der Waals surface area contributed by atoms with Gasteiger partial charge in [-0.15, -0.1) is 0 Å². The van der Waals surface area contributed by atoms with E-state index in [0.29, 0.717) is 5.75 Å². The summed E-state index contributed by atoms with van der Waals surface area (Å²) in [6, 6.07) is 6.84. The van der Waals surface area contributed by atoms with Crippen molar-refractivity contribution < 1.29 is 44.2 Å². The molecule has 0 saturated carbocycles. The summed E-state index contributed by atoms with van der Waals surface area (Å²) in [6.45, 7) is 1.76. The van der Waals surface area contributed by atoms with Gasteiger partial charge in [0.2, 0.25) is 0 Å². The minimum absolute atomic E-state index is 0. The van der Waals surface area contributed by atoms with Gasteiger partial charge < -0.3 is 14.6 Å². The van der Waals surface area contributed by atoms with Crippen molar-refractivity contribution in [2.24, 2.45) is 0 Å². The number of rotatable bonds is 1. The van der Waals surface area contributed by atoms with Crippen LogP contribution in [0.25, 0.3) is 0 Å². The monoisotopic (exact) mass is 174 g/mol. The average Bonchev–Trinajstić information content (AvgIpc) is 1.93. The zero-order valence-electron chi connectivity index (χ0n) is 7.03. The summed E-state index contributed by atoms with van der Waals surface area (Å²) in [6.07, 6.45) is -1.53. The second kappa shape index (κ2) is 5.19. The topological polar surface area (TPSA) is 49.4 Å². The van der Waals surface area contributed by atoms with Gasteiger partial charge in [-0.2, -0.15) is 0 Å². The number of benzene rings is 1. The van der Waals surface area contributed by atoms with E-state index in [0.717, 1.165) is 5.56 Å². The van der Waals surface area contributed by atoms with E-state index in [1.54, 1.807) is 31.2 Å². The summed E-state index contributed by atoms with van der Waals surface area (Å²) < 4.78 is 4.35. The maximum Gasteiger partial charge on any atom is 1.00 e. The van der Waals surface area contributed by atoms with Crippen molar-refractivity contribution in [3.63, 3.8) is 0 Å². The van der Waals surface area contributed by atoms with E-state index in [-0.39, 0.29) is 29.6 Å². The summed E-state index contributed by atoms with van der Waals surface area (Å²) in [5.74, 6) is 0.326. The molecule has 0 N–H and O–H groups in total. The van der Waals surface area contributed by atoms with Crippen LogP contribution < -0.4 is 39.4 Å². The predicted octanol–water partition coefficient (Wildman–Crippen LogP) is -2.28. The van der Waals surface area contributed by atoms with Gasteiger partial charge in [-0.25, -0.2) is 0 Å². The molecule has 4 heteroatoms. The van der Waals surface area contributed by atoms with Crippen molar-refractivity contribution in [1.29, 1.82) is 0 Å². The minimum Gasteiger partial charge on any atom is -0.514 e. The summed E-state index contributed by atoms with van der Waals surface area (Å²) in [5.41, 5.74) is 0.775. The Kier molecular flexibility index (Phi) is 4.97. The minimum atomic E-state index is -1.53. The Morgan fingerprint density at radius 1 is 1.42 bits per heavy atom. The summed E-state index contributed by atoms with van der Waals surface area (Å²) in [4.78, 5) is 9.99. The number of aryl methyl sites for hydroxylation is 1. The molecule has 0 unspecified atom stereocenters. The Bertz CT molecular complexity index is 273. The van der Waals surface area contributed by atoms with Crippen LogP contribution in [0, 0.1) is 6.92 Å². The Labute approximate surface area is 92.6 Å². The fourth-order valence-electron chi connectivity index (χ4n) is 0.761. The van der Waals surface area contributed by atoms with E-state index < -0.39 is 6.16 Å². The number of carbonyl (C=O) groups is 1. The molecule has 0 amide bonds. The molecule has 58 valence electrons. The van der Waals surface area contributed by atoms with Crippen LogP contribution in [0.5, 0.6) is 5.75 Å². The number of hydrogen-bond acceptors (Lipinski definition) is 3. The molecular weight excluding hydrogens is 167 g/mol. The van der Waals surface area contributed by atoms with E-state index in [1.807, 2.05) is 0 Å². The molecule has 0 aromatic heterocycles. The van der Waals surface area contributed by atoms with Crippen molar-refractivity contribution in [3.05, 3.63) is 29.8 Å². The van der Waals surface area contributed by atoms with Crippen LogP contribution in [0.3, 0.4) is 0 Å². The standard InChI is InChI=1S/C8H8O3.Na/c1-6-4-2-3-5-7(6)11-8(9)10;/h2-5H,1H3,(H,9,10);/q;+1/p-1. The molecule has 0 spiro atoms. The summed E-state index contributed by atoms with van der Waals surface area (Å²) in [5, 5.41) is 9.99. The van der Waals surface area contributed by atoms with Gasteiger partial charge in [0.05, 0.1) is 5.75 Å². The molecule has 1 aromatic carbocycles. The van der Waals surface area contributed by atoms with Crippen molar-refractivity contribution >= 4 is 6.16 Å². The first-order valence-electron chi connectivity index (χ1n) is 3.14. The Morgan fingerprint density at radius 2 is 2.00 bits per heavy atom. The first-order valence-corrected chi connectivity index (χ1v) is 3.14. The van der Waals surface area contributed by atoms with Gasteiger partial charge in [-0.3, -0.25) is 0 Å². The molecule has 0 aliphatic rings. The van der Waals surface area contributed by atoms with E-state index in [2.05, 4.69) is 4.74 Å². The van der Waals surface area contributed by atoms with Gasteiger partial charge in [-0.05, 0) is 18.6 Å². The third-order valence-corrected chi connectivity index (χ3v) is 1.29. The molecule has 0 aliphatic heterocycles. The fraction of sp³-hybridized carbons (Fsp3) is 0.125. The molecule has 0 radical (unpaired) electrons. The van der Waals surface area contributed by atoms with E-state index >= 15 is 0 Å². The third-order valence-electron chi connectivity index (χ3n) is 1.29. The molecule has 0 heterocycles. The van der Waals surface area contributed by atoms with Crippen molar-refractivity contribution in [1.82, 2.24) is 0 Å². The van der Waals surface area contributed by atoms with Crippen molar-refractivity contribution in [2.75, 3.05) is 0 Å². The maximum absolute atomic E-state index is 9.99. The van der Waals surface area contributed by atoms with Gasteiger partial charge in [0.15, 0.2) is 0 Å². The van der Waals surface area contributed by atoms with Gasteiger partial charge in [0, 0.05) is 0 Å². The van der Waals surface area contributed by atoms with Gasteiger partial charge in [0.25, 0.3) is 6.16 Å². The van der Waals surface area contributed by atoms with Crippen LogP contribution in [0.4, 0.5) is 4.79 Å². The predicted molar refractivity (Wildman–Crippen MR) is 37.2 cm³/mol. The molecule has 1 rings (SSSR count). The number of carbonyl (C=O) groups excluding carboxylic acids is 1. The molecule has 1 aromatic rings. The average molecular weight is 174 g/mol. The molecule has 12 heavy (non-hydrogen) atoms. The largest absolute Gasteiger partial charge is 1.00 e. The fourth-order valence-corrected chi connectivity index (χ4v) is 0.761. The Balaban J connectivity index is 0.00000121. The molecule has 0 aliphatic carbocycles. The van der Waals surface area contributed by atoms with Crippen LogP contribution in [0.2, 0.25) is 0 Å². The molecule has 0 bridgehead atoms. The summed E-state index contributed by atoms with van der Waals surface area (Å²) in [7, 11) is 0. The zero-order chi connectivity index (χ0) is 8.27. The molecule has 3 nitrogen and oxygen atoms in total. The molecule has 0 saturated heterocycles. The number of para-hydroxylation sites is 1. The van der Waals surface area contributed by atoms with Crippen LogP contribution in [-0.2, 0) is 0 Å². The molecular formula is C8H7NaO3. The van der Waals surface area contributed by atoms with Crippen LogP contribution in [0.15, 0.2) is 24.3 Å². The molecule has 0 atom stereocenters. The normalized spacial score (nSPS) is 8.42. The number of carboxylic acid groups (broad SMARTS) is 1. The van der Waals surface area contributed by atoms with Gasteiger partial charge in [0.1, 0.15) is 0 Å². The number of hydrogen-bond donors (Lipinski definition) is 0. The smallest absolute Gasteiger partial charge is 0.514 e. The van der Waals surface area contributed by atoms with E-state index in [9.17, 15) is 9.90 Å². The Morgan fingerprint density at radius 3 is 2.50 bits per heavy atom. The SMILES string of the molecule is Cc1ccccc1OC(=O)[O-].[Na+]. The third kappa shape index (κ3) is 3.26. The van der Waals surface area contributed by atoms with Crippen LogP contribution >= 0.6 is 0 Å². The zero-order valence-corrected chi connectivity index (χ0v) is 9.03. The molecule has 0 fully saturated rings. The van der Waals surface area contributed by atoms with Crippen molar-refractivity contribution in [3.8, 4) is 5.75 Å². The van der Waals surface area contributed by atoms with Crippen LogP contribution in [-0.4, -0.2) is 6.16 Å². The number of ether oxygens (including phenoxy) is 1. The van der Waals surface area contributed by atoms with Crippen molar-refractivity contribution in [2.45, 2.75) is 6.92 Å². The van der Waals surface area contributed by atoms with E-state index in [1.165, 1.54) is 0 Å². The van der Waals surface area contributed by atoms with Crippen LogP contribution in [0.1, 0.15) is 5.56 Å². The maximum atomic E-state index is 9.99. The summed E-state index contributed by atoms with van der Waals surface area (Å²) >= 11 is 0. The first kappa shape index (κ1) is 11.5. The van der Waals surface area contributed by atoms with Gasteiger partial charge in [-0.1, -0.05) is 18.2 Å². The van der Waals surface area contributed by atoms with E-state index in [4.69, 9.17) is 0 Å². The second-order valence-corrected chi connectivity index (χ2v) is 2.12. The van der Waals surface area contributed by atoms with Gasteiger partial charge >= 0.3 is 29.6 Å². The first-order chi connectivity index (χ1) is 5.20.